The van der Waals surface area contributed by atoms with Gasteiger partial charge in [-0.2, -0.15) is 4.98 Å². The number of rotatable bonds is 5. The van der Waals surface area contributed by atoms with E-state index in [1.54, 1.807) is 30.3 Å². The molecule has 0 radical (unpaired) electrons. The fraction of sp³-hybridized carbons (Fsp3) is 0.294. The molecule has 1 aliphatic heterocycles. The Morgan fingerprint density at radius 1 is 1.41 bits per heavy atom. The number of nitrogens with one attached hydrogen (secondary N) is 1. The molecule has 1 aliphatic rings. The van der Waals surface area contributed by atoms with Crippen molar-refractivity contribution in [2.45, 2.75) is 18.6 Å². The predicted octanol–water partition coefficient (Wildman–Crippen LogP) is 1.79. The second kappa shape index (κ2) is 8.31. The lowest BCUT2D eigenvalue weighted by Gasteiger charge is -2.15. The second-order valence-electron chi connectivity index (χ2n) is 5.63. The van der Waals surface area contributed by atoms with Gasteiger partial charge in [-0.05, 0) is 12.1 Å². The minimum atomic E-state index is -0.850. The molecule has 2 atom stereocenters. The Kier molecular flexibility index (Phi) is 5.87. The Balaban J connectivity index is 1.61. The molecule has 1 aromatic heterocycles. The lowest BCUT2D eigenvalue weighted by atomic mass is 10.2. The monoisotopic (exact) mass is 393 g/mol. The SMILES string of the molecule is CC(=O)Nc1nc(=O)n([C@H]2CS[C@H](COC(=O)c3ccccc3)O2)cc1F. The van der Waals surface area contributed by atoms with Crippen LogP contribution in [0.3, 0.4) is 0 Å². The summed E-state index contributed by atoms with van der Waals surface area (Å²) >= 11 is 1.33. The number of amides is 1. The quantitative estimate of drug-likeness (QED) is 0.773. The number of carbonyl (C=O) groups is 2. The average Bonchev–Trinajstić information content (AvgIpc) is 3.11. The highest BCUT2D eigenvalue weighted by Crippen LogP contribution is 2.31. The maximum Gasteiger partial charge on any atom is 0.351 e. The average molecular weight is 393 g/mol. The molecule has 27 heavy (non-hydrogen) atoms. The van der Waals surface area contributed by atoms with E-state index in [2.05, 4.69) is 10.3 Å². The molecule has 0 spiro atoms. The van der Waals surface area contributed by atoms with Crippen LogP contribution in [0.25, 0.3) is 0 Å². The first-order valence-corrected chi connectivity index (χ1v) is 9.04. The summed E-state index contributed by atoms with van der Waals surface area (Å²) in [5.41, 5.74) is -0.826. The number of benzene rings is 1. The molecule has 2 aromatic rings. The molecule has 1 amide bonds. The van der Waals surface area contributed by atoms with E-state index >= 15 is 0 Å². The van der Waals surface area contributed by atoms with Gasteiger partial charge in [0.1, 0.15) is 18.3 Å². The summed E-state index contributed by atoms with van der Waals surface area (Å²) in [5.74, 6) is -1.94. The maximum absolute atomic E-state index is 14.0. The van der Waals surface area contributed by atoms with Gasteiger partial charge in [0.2, 0.25) is 5.91 Å². The van der Waals surface area contributed by atoms with Crippen LogP contribution in [0.5, 0.6) is 0 Å². The Bertz CT molecular complexity index is 905. The lowest BCUT2D eigenvalue weighted by molar-refractivity contribution is -0.114. The fourth-order valence-corrected chi connectivity index (χ4v) is 3.37. The molecule has 8 nitrogen and oxygen atoms in total. The molecule has 1 saturated heterocycles. The minimum Gasteiger partial charge on any atom is -0.458 e. The van der Waals surface area contributed by atoms with Crippen LogP contribution in [0, 0.1) is 5.82 Å². The Morgan fingerprint density at radius 3 is 2.85 bits per heavy atom. The summed E-state index contributed by atoms with van der Waals surface area (Å²) in [4.78, 5) is 38.5. The number of halogens is 1. The van der Waals surface area contributed by atoms with Crippen LogP contribution in [-0.2, 0) is 14.3 Å². The van der Waals surface area contributed by atoms with Crippen molar-refractivity contribution in [2.75, 3.05) is 17.7 Å². The summed E-state index contributed by atoms with van der Waals surface area (Å²) in [7, 11) is 0. The molecule has 142 valence electrons. The van der Waals surface area contributed by atoms with Crippen LogP contribution in [-0.4, -0.2) is 39.2 Å². The standard InChI is InChI=1S/C17H16FN3O5S/c1-10(22)19-15-12(18)7-21(17(24)20-15)13-9-27-14(26-13)8-25-16(23)11-5-3-2-4-6-11/h2-7,13-14H,8-9H2,1H3,(H,19,20,22,24)/t13-,14-/m1/s1. The molecule has 1 N–H and O–H groups in total. The van der Waals surface area contributed by atoms with E-state index in [4.69, 9.17) is 9.47 Å². The number of aromatic nitrogens is 2. The molecule has 2 heterocycles. The summed E-state index contributed by atoms with van der Waals surface area (Å²) in [6.45, 7) is 1.17. The van der Waals surface area contributed by atoms with Crippen molar-refractivity contribution in [3.8, 4) is 0 Å². The Morgan fingerprint density at radius 2 is 2.15 bits per heavy atom. The number of anilines is 1. The van der Waals surface area contributed by atoms with Crippen molar-refractivity contribution < 1.29 is 23.5 Å². The highest BCUT2D eigenvalue weighted by atomic mass is 32.2. The van der Waals surface area contributed by atoms with Gasteiger partial charge in [0.05, 0.1) is 11.8 Å². The van der Waals surface area contributed by atoms with Gasteiger partial charge in [-0.1, -0.05) is 18.2 Å². The first-order chi connectivity index (χ1) is 12.9. The number of hydrogen-bond acceptors (Lipinski definition) is 7. The molecular weight excluding hydrogens is 377 g/mol. The smallest absolute Gasteiger partial charge is 0.351 e. The van der Waals surface area contributed by atoms with Crippen LogP contribution < -0.4 is 11.0 Å². The van der Waals surface area contributed by atoms with Crippen LogP contribution in [0.1, 0.15) is 23.5 Å². The van der Waals surface area contributed by atoms with Crippen molar-refractivity contribution in [1.82, 2.24) is 9.55 Å². The zero-order chi connectivity index (χ0) is 19.4. The van der Waals surface area contributed by atoms with Crippen molar-refractivity contribution in [3.05, 3.63) is 58.4 Å². The van der Waals surface area contributed by atoms with E-state index in [-0.39, 0.29) is 6.61 Å². The van der Waals surface area contributed by atoms with E-state index in [0.717, 1.165) is 10.8 Å². The molecule has 3 rings (SSSR count). The lowest BCUT2D eigenvalue weighted by Crippen LogP contribution is -2.30. The normalized spacial score (nSPS) is 18.9. The molecule has 1 aromatic carbocycles. The van der Waals surface area contributed by atoms with Crippen LogP contribution in [0.4, 0.5) is 10.2 Å². The van der Waals surface area contributed by atoms with Crippen molar-refractivity contribution in [3.63, 3.8) is 0 Å². The minimum absolute atomic E-state index is 0.0104. The maximum atomic E-state index is 14.0. The van der Waals surface area contributed by atoms with Gasteiger partial charge in [-0.3, -0.25) is 9.36 Å². The largest absolute Gasteiger partial charge is 0.458 e. The highest BCUT2D eigenvalue weighted by Gasteiger charge is 2.30. The first kappa shape index (κ1) is 19.1. The molecule has 10 heteroatoms. The first-order valence-electron chi connectivity index (χ1n) is 7.99. The summed E-state index contributed by atoms with van der Waals surface area (Å²) < 4.78 is 25.9. The van der Waals surface area contributed by atoms with Crippen molar-refractivity contribution in [1.29, 1.82) is 0 Å². The van der Waals surface area contributed by atoms with Crippen LogP contribution >= 0.6 is 11.8 Å². The molecule has 1 fully saturated rings. The number of nitrogens with zero attached hydrogens (tertiary/aromatic N) is 2. The van der Waals surface area contributed by atoms with E-state index in [1.165, 1.54) is 18.7 Å². The van der Waals surface area contributed by atoms with Gasteiger partial charge in [-0.15, -0.1) is 11.8 Å². The Labute approximate surface area is 157 Å². The zero-order valence-corrected chi connectivity index (χ0v) is 15.1. The summed E-state index contributed by atoms with van der Waals surface area (Å²) in [6.07, 6.45) is 0.181. The second-order valence-corrected chi connectivity index (χ2v) is 6.82. The highest BCUT2D eigenvalue weighted by molar-refractivity contribution is 8.00. The third-order valence-electron chi connectivity index (χ3n) is 3.61. The fourth-order valence-electron chi connectivity index (χ4n) is 2.38. The van der Waals surface area contributed by atoms with Crippen LogP contribution in [0.15, 0.2) is 41.3 Å². The van der Waals surface area contributed by atoms with Crippen molar-refractivity contribution >= 4 is 29.5 Å². The number of thioether (sulfide) groups is 1. The molecule has 0 aliphatic carbocycles. The van der Waals surface area contributed by atoms with E-state index in [1.807, 2.05) is 0 Å². The van der Waals surface area contributed by atoms with E-state index < -0.39 is 40.9 Å². The third-order valence-corrected chi connectivity index (χ3v) is 4.70. The van der Waals surface area contributed by atoms with Gasteiger partial charge in [0.15, 0.2) is 11.6 Å². The van der Waals surface area contributed by atoms with Gasteiger partial charge in [-0.25, -0.2) is 14.0 Å². The number of hydrogen-bond donors (Lipinski definition) is 1. The van der Waals surface area contributed by atoms with Gasteiger partial charge in [0.25, 0.3) is 0 Å². The van der Waals surface area contributed by atoms with Gasteiger partial charge < -0.3 is 14.8 Å². The number of esters is 1. The molecule has 0 unspecified atom stereocenters. The third kappa shape index (κ3) is 4.72. The number of carbonyl (C=O) groups excluding carboxylic acids is 2. The molecular formula is C17H16FN3O5S. The van der Waals surface area contributed by atoms with E-state index in [9.17, 15) is 18.8 Å². The zero-order valence-electron chi connectivity index (χ0n) is 14.3. The summed E-state index contributed by atoms with van der Waals surface area (Å²) in [6, 6.07) is 8.52. The van der Waals surface area contributed by atoms with E-state index in [0.29, 0.717) is 11.3 Å². The summed E-state index contributed by atoms with van der Waals surface area (Å²) in [5, 5.41) is 2.15. The van der Waals surface area contributed by atoms with Gasteiger partial charge >= 0.3 is 11.7 Å². The van der Waals surface area contributed by atoms with Crippen molar-refractivity contribution in [2.24, 2.45) is 0 Å². The number of ether oxygens (including phenoxy) is 2. The van der Waals surface area contributed by atoms with Gasteiger partial charge in [0, 0.05) is 12.7 Å². The molecule has 0 saturated carbocycles. The topological polar surface area (TPSA) is 99.5 Å². The van der Waals surface area contributed by atoms with Crippen LogP contribution in [0.2, 0.25) is 0 Å². The Hall–Kier alpha value is -2.72. The molecule has 0 bridgehead atoms. The predicted molar refractivity (Wildman–Crippen MR) is 95.9 cm³/mol.